The van der Waals surface area contributed by atoms with Gasteiger partial charge in [0.15, 0.2) is 0 Å². The molecule has 3 N–H and O–H groups in total. The Hall–Kier alpha value is -2.47. The molecular formula is C18H22N2O4. The van der Waals surface area contributed by atoms with E-state index in [2.05, 4.69) is 10.6 Å². The van der Waals surface area contributed by atoms with Crippen molar-refractivity contribution in [2.75, 3.05) is 13.2 Å². The molecule has 24 heavy (non-hydrogen) atoms. The monoisotopic (exact) mass is 330 g/mol. The molecule has 1 aliphatic carbocycles. The van der Waals surface area contributed by atoms with Crippen LogP contribution in [0.1, 0.15) is 35.8 Å². The van der Waals surface area contributed by atoms with E-state index >= 15 is 0 Å². The number of benzene rings is 1. The van der Waals surface area contributed by atoms with Gasteiger partial charge in [-0.1, -0.05) is 12.1 Å². The van der Waals surface area contributed by atoms with Crippen LogP contribution in [-0.2, 0) is 17.8 Å². The van der Waals surface area contributed by atoms with Gasteiger partial charge in [-0.3, -0.25) is 0 Å². The maximum Gasteiger partial charge on any atom is 0.315 e. The highest BCUT2D eigenvalue weighted by Crippen LogP contribution is 2.36. The molecule has 0 fully saturated rings. The van der Waals surface area contributed by atoms with E-state index in [1.807, 2.05) is 24.3 Å². The van der Waals surface area contributed by atoms with Crippen LogP contribution in [0.2, 0.25) is 0 Å². The second-order valence-electron chi connectivity index (χ2n) is 5.82. The molecule has 0 aliphatic heterocycles. The molecular weight excluding hydrogens is 308 g/mol. The molecule has 1 heterocycles. The van der Waals surface area contributed by atoms with Crippen molar-refractivity contribution in [3.63, 3.8) is 0 Å². The Morgan fingerprint density at radius 1 is 1.33 bits per heavy atom. The summed E-state index contributed by atoms with van der Waals surface area (Å²) in [5.41, 5.74) is 1.95. The van der Waals surface area contributed by atoms with Gasteiger partial charge in [0.1, 0.15) is 18.1 Å². The van der Waals surface area contributed by atoms with Crippen LogP contribution in [0.4, 0.5) is 4.79 Å². The van der Waals surface area contributed by atoms with Gasteiger partial charge in [-0.2, -0.15) is 0 Å². The first kappa shape index (κ1) is 16.4. The molecule has 6 heteroatoms. The lowest BCUT2D eigenvalue weighted by atomic mass is 10.1. The van der Waals surface area contributed by atoms with Crippen molar-refractivity contribution in [2.45, 2.75) is 31.9 Å². The fraction of sp³-hybridized carbons (Fsp3) is 0.389. The minimum absolute atomic E-state index is 0.0395. The number of furan rings is 1. The van der Waals surface area contributed by atoms with Gasteiger partial charge in [-0.05, 0) is 48.6 Å². The molecule has 3 rings (SSSR count). The lowest BCUT2D eigenvalue weighted by Crippen LogP contribution is -2.38. The van der Waals surface area contributed by atoms with E-state index in [-0.39, 0.29) is 12.1 Å². The van der Waals surface area contributed by atoms with Crippen molar-refractivity contribution in [3.8, 4) is 5.75 Å². The summed E-state index contributed by atoms with van der Waals surface area (Å²) < 4.78 is 10.6. The number of fused-ring (bicyclic) bond motifs is 1. The van der Waals surface area contributed by atoms with E-state index in [9.17, 15) is 9.90 Å². The summed E-state index contributed by atoms with van der Waals surface area (Å²) >= 11 is 0. The van der Waals surface area contributed by atoms with Crippen molar-refractivity contribution in [1.29, 1.82) is 0 Å². The summed E-state index contributed by atoms with van der Waals surface area (Å²) in [6.45, 7) is 1.55. The summed E-state index contributed by atoms with van der Waals surface area (Å²) in [6, 6.07) is 8.90. The number of carbonyl (C=O) groups excluding carboxylic acids is 1. The van der Waals surface area contributed by atoms with Crippen molar-refractivity contribution in [2.24, 2.45) is 0 Å². The van der Waals surface area contributed by atoms with E-state index in [1.165, 1.54) is 0 Å². The van der Waals surface area contributed by atoms with Gasteiger partial charge in [0.2, 0.25) is 0 Å². The maximum absolute atomic E-state index is 12.0. The average molecular weight is 330 g/mol. The molecule has 128 valence electrons. The van der Waals surface area contributed by atoms with Gasteiger partial charge in [0.05, 0.1) is 12.3 Å². The average Bonchev–Trinajstić information content (AvgIpc) is 3.22. The smallest absolute Gasteiger partial charge is 0.315 e. The Kier molecular flexibility index (Phi) is 5.38. The number of amides is 2. The maximum atomic E-state index is 12.0. The third-order valence-corrected chi connectivity index (χ3v) is 4.13. The van der Waals surface area contributed by atoms with Crippen molar-refractivity contribution >= 4 is 6.03 Å². The third kappa shape index (κ3) is 4.08. The molecule has 6 nitrogen and oxygen atoms in total. The normalized spacial score (nSPS) is 15.9. The Morgan fingerprint density at radius 2 is 2.25 bits per heavy atom. The van der Waals surface area contributed by atoms with Crippen molar-refractivity contribution in [3.05, 3.63) is 53.5 Å². The largest absolute Gasteiger partial charge is 0.508 e. The van der Waals surface area contributed by atoms with Crippen LogP contribution in [0, 0.1) is 0 Å². The highest BCUT2D eigenvalue weighted by atomic mass is 16.5. The number of hydrogen-bond donors (Lipinski definition) is 3. The second-order valence-corrected chi connectivity index (χ2v) is 5.82. The second kappa shape index (κ2) is 7.88. The number of hydrogen-bond acceptors (Lipinski definition) is 4. The van der Waals surface area contributed by atoms with Crippen molar-refractivity contribution in [1.82, 2.24) is 10.6 Å². The molecule has 0 saturated carbocycles. The predicted molar refractivity (Wildman–Crippen MR) is 88.7 cm³/mol. The van der Waals surface area contributed by atoms with Gasteiger partial charge in [0, 0.05) is 13.2 Å². The molecule has 2 amide bonds. The van der Waals surface area contributed by atoms with E-state index in [1.54, 1.807) is 12.3 Å². The molecule has 1 atom stereocenters. The molecule has 1 aromatic heterocycles. The lowest BCUT2D eigenvalue weighted by Gasteiger charge is -2.15. The standard InChI is InChI=1S/C18H22N2O4/c21-17-6-1-5-14-15(17)7-8-16(14)20-18(22)19-9-3-10-23-12-13-4-2-11-24-13/h1-2,4-6,11,16,21H,3,7-10,12H2,(H2,19,20,22)/t16-/m0/s1. The van der Waals surface area contributed by atoms with Gasteiger partial charge in [-0.15, -0.1) is 0 Å². The molecule has 0 saturated heterocycles. The van der Waals surface area contributed by atoms with Gasteiger partial charge >= 0.3 is 6.03 Å². The summed E-state index contributed by atoms with van der Waals surface area (Å²) in [5, 5.41) is 15.6. The van der Waals surface area contributed by atoms with Crippen LogP contribution in [0.5, 0.6) is 5.75 Å². The third-order valence-electron chi connectivity index (χ3n) is 4.13. The summed E-state index contributed by atoms with van der Waals surface area (Å²) in [5.74, 6) is 1.11. The Bertz CT molecular complexity index is 670. The number of carbonyl (C=O) groups is 1. The topological polar surface area (TPSA) is 83.7 Å². The van der Waals surface area contributed by atoms with E-state index < -0.39 is 0 Å². The summed E-state index contributed by atoms with van der Waals surface area (Å²) in [4.78, 5) is 12.0. The molecule has 1 aromatic carbocycles. The van der Waals surface area contributed by atoms with Crippen LogP contribution < -0.4 is 10.6 Å². The quantitative estimate of drug-likeness (QED) is 0.682. The highest BCUT2D eigenvalue weighted by Gasteiger charge is 2.25. The number of rotatable bonds is 7. The molecule has 0 radical (unpaired) electrons. The van der Waals surface area contributed by atoms with Crippen molar-refractivity contribution < 1.29 is 19.1 Å². The van der Waals surface area contributed by atoms with Gasteiger partial charge in [0.25, 0.3) is 0 Å². The van der Waals surface area contributed by atoms with Crippen LogP contribution in [-0.4, -0.2) is 24.3 Å². The SMILES string of the molecule is O=C(NCCCOCc1ccco1)N[C@H]1CCc2c(O)cccc21. The Morgan fingerprint density at radius 3 is 3.08 bits per heavy atom. The van der Waals surface area contributed by atoms with Crippen LogP contribution in [0.15, 0.2) is 41.0 Å². The van der Waals surface area contributed by atoms with E-state index in [4.69, 9.17) is 9.15 Å². The zero-order chi connectivity index (χ0) is 16.8. The van der Waals surface area contributed by atoms with Crippen LogP contribution in [0.25, 0.3) is 0 Å². The van der Waals surface area contributed by atoms with Crippen LogP contribution >= 0.6 is 0 Å². The van der Waals surface area contributed by atoms with E-state index in [0.717, 1.165) is 36.1 Å². The fourth-order valence-corrected chi connectivity index (χ4v) is 2.94. The minimum Gasteiger partial charge on any atom is -0.508 e. The molecule has 2 aromatic rings. The van der Waals surface area contributed by atoms with Crippen LogP contribution in [0.3, 0.4) is 0 Å². The molecule has 0 spiro atoms. The van der Waals surface area contributed by atoms with Gasteiger partial charge < -0.3 is 24.9 Å². The molecule has 1 aliphatic rings. The number of phenols is 1. The lowest BCUT2D eigenvalue weighted by molar-refractivity contribution is 0.104. The summed E-state index contributed by atoms with van der Waals surface area (Å²) in [6.07, 6.45) is 3.95. The fourth-order valence-electron chi connectivity index (χ4n) is 2.94. The first-order valence-corrected chi connectivity index (χ1v) is 8.19. The zero-order valence-electron chi connectivity index (χ0n) is 13.5. The first-order chi connectivity index (χ1) is 11.7. The number of ether oxygens (including phenoxy) is 1. The first-order valence-electron chi connectivity index (χ1n) is 8.19. The number of phenolic OH excluding ortho intramolecular Hbond substituents is 1. The number of nitrogens with one attached hydrogen (secondary N) is 2. The number of aromatic hydroxyl groups is 1. The zero-order valence-corrected chi connectivity index (χ0v) is 13.5. The van der Waals surface area contributed by atoms with E-state index in [0.29, 0.717) is 25.5 Å². The summed E-state index contributed by atoms with van der Waals surface area (Å²) in [7, 11) is 0. The minimum atomic E-state index is -0.192. The Balaban J connectivity index is 1.33. The van der Waals surface area contributed by atoms with Gasteiger partial charge in [-0.25, -0.2) is 4.79 Å². The molecule has 0 bridgehead atoms. The molecule has 0 unspecified atom stereocenters. The Labute approximate surface area is 140 Å². The highest BCUT2D eigenvalue weighted by molar-refractivity contribution is 5.74. The number of urea groups is 1. The predicted octanol–water partition coefficient (Wildman–Crippen LogP) is 2.88.